The first-order valence-electron chi connectivity index (χ1n) is 16.1. The summed E-state index contributed by atoms with van der Waals surface area (Å²) in [6.45, 7) is 9.77. The predicted molar refractivity (Wildman–Crippen MR) is 156 cm³/mol. The van der Waals surface area contributed by atoms with Gasteiger partial charge < -0.3 is 20.1 Å². The van der Waals surface area contributed by atoms with Gasteiger partial charge >= 0.3 is 5.97 Å². The van der Waals surface area contributed by atoms with Crippen LogP contribution >= 0.6 is 0 Å². The van der Waals surface area contributed by atoms with Crippen molar-refractivity contribution in [2.75, 3.05) is 6.61 Å². The van der Waals surface area contributed by atoms with Gasteiger partial charge in [-0.15, -0.1) is 0 Å². The van der Waals surface area contributed by atoms with E-state index in [1.165, 1.54) is 51.4 Å². The number of aliphatic hydroxyl groups is 3. The number of Topliss-reactive ketones (excluding diaryl/α,β-unsaturated/α-hetero) is 1. The molecule has 2 saturated carbocycles. The fourth-order valence-corrected chi connectivity index (χ4v) is 8.79. The van der Waals surface area contributed by atoms with Crippen molar-refractivity contribution >= 4 is 11.8 Å². The average Bonchev–Trinajstić information content (AvgIpc) is 3.31. The SMILES string of the molecule is CCCCCCCCCCCCCC(=O)O[C@@]12C[C@@H](C)[C@]3(O)[C@H]4C=C(C)C(=O)[C@@]4(O)CC(CO)=C[C@H]3[C@@H]1C2(C)C. The number of fused-ring (bicyclic) bond motifs is 5. The van der Waals surface area contributed by atoms with Gasteiger partial charge in [0.05, 0.1) is 12.2 Å². The molecule has 0 bridgehead atoms. The maximum atomic E-state index is 13.1. The summed E-state index contributed by atoms with van der Waals surface area (Å²) >= 11 is 0. The zero-order valence-corrected chi connectivity index (χ0v) is 25.6. The fourth-order valence-electron chi connectivity index (χ4n) is 8.79. The number of unbranched alkanes of at least 4 members (excludes halogenated alkanes) is 10. The van der Waals surface area contributed by atoms with E-state index >= 15 is 0 Å². The van der Waals surface area contributed by atoms with E-state index < -0.39 is 28.6 Å². The zero-order valence-electron chi connectivity index (χ0n) is 25.6. The van der Waals surface area contributed by atoms with E-state index in [0.717, 1.165) is 19.3 Å². The lowest BCUT2D eigenvalue weighted by Gasteiger charge is -2.50. The van der Waals surface area contributed by atoms with Crippen molar-refractivity contribution < 1.29 is 29.6 Å². The summed E-state index contributed by atoms with van der Waals surface area (Å²) in [6.07, 6.45) is 18.0. The molecule has 0 aromatic carbocycles. The second kappa shape index (κ2) is 12.0. The first-order chi connectivity index (χ1) is 18.9. The molecule has 6 heteroatoms. The minimum Gasteiger partial charge on any atom is -0.458 e. The van der Waals surface area contributed by atoms with Crippen molar-refractivity contribution in [2.45, 2.75) is 141 Å². The van der Waals surface area contributed by atoms with Gasteiger partial charge in [-0.3, -0.25) is 9.59 Å². The molecule has 40 heavy (non-hydrogen) atoms. The summed E-state index contributed by atoms with van der Waals surface area (Å²) in [5, 5.41) is 34.2. The van der Waals surface area contributed by atoms with Gasteiger partial charge in [0.1, 0.15) is 11.2 Å². The van der Waals surface area contributed by atoms with E-state index in [2.05, 4.69) is 20.8 Å². The Labute approximate surface area is 241 Å². The Hall–Kier alpha value is -1.50. The van der Waals surface area contributed by atoms with Crippen molar-refractivity contribution in [2.24, 2.45) is 29.1 Å². The number of hydrogen-bond donors (Lipinski definition) is 3. The topological polar surface area (TPSA) is 104 Å². The van der Waals surface area contributed by atoms with Gasteiger partial charge in [0.15, 0.2) is 5.78 Å². The van der Waals surface area contributed by atoms with Crippen molar-refractivity contribution in [3.05, 3.63) is 23.3 Å². The van der Waals surface area contributed by atoms with Gasteiger partial charge in [0, 0.05) is 36.0 Å². The van der Waals surface area contributed by atoms with Gasteiger partial charge in [-0.2, -0.15) is 0 Å². The Kier molecular flexibility index (Phi) is 9.44. The lowest BCUT2D eigenvalue weighted by Crippen LogP contribution is -2.61. The van der Waals surface area contributed by atoms with Gasteiger partial charge in [0.2, 0.25) is 0 Å². The monoisotopic (exact) mass is 558 g/mol. The Morgan fingerprint density at radius 3 is 2.12 bits per heavy atom. The fraction of sp³-hybridized carbons (Fsp3) is 0.824. The highest BCUT2D eigenvalue weighted by atomic mass is 16.6. The first-order valence-corrected chi connectivity index (χ1v) is 16.1. The molecule has 0 radical (unpaired) electrons. The third kappa shape index (κ3) is 5.26. The summed E-state index contributed by atoms with van der Waals surface area (Å²) in [5.74, 6) is -2.25. The molecule has 0 aliphatic heterocycles. The molecule has 0 unspecified atom stereocenters. The van der Waals surface area contributed by atoms with Crippen molar-refractivity contribution in [3.8, 4) is 0 Å². The molecule has 0 amide bonds. The highest BCUT2D eigenvalue weighted by molar-refractivity contribution is 6.04. The Bertz CT molecular complexity index is 1010. The maximum Gasteiger partial charge on any atom is 0.306 e. The molecule has 0 saturated heterocycles. The molecule has 4 aliphatic rings. The van der Waals surface area contributed by atoms with E-state index in [-0.39, 0.29) is 42.0 Å². The normalized spacial score (nSPS) is 37.5. The number of esters is 1. The van der Waals surface area contributed by atoms with E-state index in [4.69, 9.17) is 4.74 Å². The summed E-state index contributed by atoms with van der Waals surface area (Å²) in [5.41, 5.74) is -3.20. The molecule has 0 heterocycles. The Morgan fingerprint density at radius 1 is 0.975 bits per heavy atom. The van der Waals surface area contributed by atoms with E-state index in [1.807, 2.05) is 13.0 Å². The second-order valence-corrected chi connectivity index (χ2v) is 14.1. The van der Waals surface area contributed by atoms with Crippen molar-refractivity contribution in [3.63, 3.8) is 0 Å². The van der Waals surface area contributed by atoms with Gasteiger partial charge in [-0.25, -0.2) is 0 Å². The van der Waals surface area contributed by atoms with E-state index in [0.29, 0.717) is 24.0 Å². The Morgan fingerprint density at radius 2 is 1.55 bits per heavy atom. The molecular weight excluding hydrogens is 504 g/mol. The lowest BCUT2D eigenvalue weighted by atomic mass is 9.60. The maximum absolute atomic E-state index is 13.1. The van der Waals surface area contributed by atoms with Crippen LogP contribution in [0.1, 0.15) is 125 Å². The molecule has 6 nitrogen and oxygen atoms in total. The minimum atomic E-state index is -1.76. The van der Waals surface area contributed by atoms with Crippen LogP contribution in [0.5, 0.6) is 0 Å². The molecule has 4 aliphatic carbocycles. The van der Waals surface area contributed by atoms with Crippen LogP contribution in [0.4, 0.5) is 0 Å². The van der Waals surface area contributed by atoms with E-state index in [1.54, 1.807) is 13.0 Å². The molecule has 7 atom stereocenters. The van der Waals surface area contributed by atoms with Crippen LogP contribution in [-0.4, -0.2) is 50.5 Å². The predicted octanol–water partition coefficient (Wildman–Crippen LogP) is 6.21. The average molecular weight is 559 g/mol. The summed E-state index contributed by atoms with van der Waals surface area (Å²) < 4.78 is 6.33. The molecule has 4 rings (SSSR count). The summed E-state index contributed by atoms with van der Waals surface area (Å²) in [6, 6.07) is 0. The van der Waals surface area contributed by atoms with Crippen LogP contribution in [-0.2, 0) is 14.3 Å². The second-order valence-electron chi connectivity index (χ2n) is 14.1. The third-order valence-corrected chi connectivity index (χ3v) is 11.2. The van der Waals surface area contributed by atoms with E-state index in [9.17, 15) is 24.9 Å². The molecule has 0 spiro atoms. The summed E-state index contributed by atoms with van der Waals surface area (Å²) in [4.78, 5) is 26.2. The van der Waals surface area contributed by atoms with Crippen LogP contribution in [0.2, 0.25) is 0 Å². The number of aliphatic hydroxyl groups excluding tert-OH is 1. The molecule has 3 N–H and O–H groups in total. The quantitative estimate of drug-likeness (QED) is 0.133. The number of ether oxygens (including phenoxy) is 1. The first kappa shape index (κ1) is 31.4. The molecule has 2 fully saturated rings. The smallest absolute Gasteiger partial charge is 0.306 e. The number of carbonyl (C=O) groups is 2. The lowest BCUT2D eigenvalue weighted by molar-refractivity contribution is -0.187. The molecule has 0 aromatic rings. The van der Waals surface area contributed by atoms with Crippen LogP contribution < -0.4 is 0 Å². The van der Waals surface area contributed by atoms with Crippen LogP contribution in [0.3, 0.4) is 0 Å². The van der Waals surface area contributed by atoms with Gasteiger partial charge in [0.25, 0.3) is 0 Å². The van der Waals surface area contributed by atoms with Gasteiger partial charge in [-0.05, 0) is 36.8 Å². The standard InChI is InChI=1S/C34H54O6/c1-6-7-8-9-10-11-12-13-14-15-16-17-28(36)40-33-20-24(3)34(39)26(29(33)31(33,4)5)19-25(22-35)21-32(38)27(34)18-23(2)30(32)37/h18-19,24,26-27,29,35,38-39H,6-17,20-22H2,1-5H3/t24-,26+,27+,29-,32-,33+,34-/m1/s1. The summed E-state index contributed by atoms with van der Waals surface area (Å²) in [7, 11) is 0. The minimum absolute atomic E-state index is 0.00512. The van der Waals surface area contributed by atoms with Gasteiger partial charge in [-0.1, -0.05) is 104 Å². The number of hydrogen-bond acceptors (Lipinski definition) is 6. The molecule has 0 aromatic heterocycles. The largest absolute Gasteiger partial charge is 0.458 e. The number of rotatable bonds is 14. The zero-order chi connectivity index (χ0) is 29.3. The van der Waals surface area contributed by atoms with Crippen LogP contribution in [0.25, 0.3) is 0 Å². The van der Waals surface area contributed by atoms with Crippen LogP contribution in [0.15, 0.2) is 23.3 Å². The molecular formula is C34H54O6. The highest BCUT2D eigenvalue weighted by Gasteiger charge is 2.83. The highest BCUT2D eigenvalue weighted by Crippen LogP contribution is 2.76. The number of ketones is 1. The van der Waals surface area contributed by atoms with Crippen molar-refractivity contribution in [1.29, 1.82) is 0 Å². The Balaban J connectivity index is 1.37. The third-order valence-electron chi connectivity index (χ3n) is 11.2. The number of carbonyl (C=O) groups excluding carboxylic acids is 2. The molecule has 226 valence electrons. The van der Waals surface area contributed by atoms with Crippen molar-refractivity contribution in [1.82, 2.24) is 0 Å². The van der Waals surface area contributed by atoms with Crippen LogP contribution in [0, 0.1) is 29.1 Å².